The summed E-state index contributed by atoms with van der Waals surface area (Å²) in [6.45, 7) is 7.57. The van der Waals surface area contributed by atoms with Gasteiger partial charge in [-0.25, -0.2) is 0 Å². The Bertz CT molecular complexity index is 340. The summed E-state index contributed by atoms with van der Waals surface area (Å²) in [5.41, 5.74) is 1.26. The summed E-state index contributed by atoms with van der Waals surface area (Å²) in [5.74, 6) is 1.94. The lowest BCUT2D eigenvalue weighted by Crippen LogP contribution is -2.15. The van der Waals surface area contributed by atoms with E-state index in [9.17, 15) is 0 Å². The highest BCUT2D eigenvalue weighted by Gasteiger charge is 2.20. The van der Waals surface area contributed by atoms with Crippen LogP contribution in [0.3, 0.4) is 0 Å². The maximum absolute atomic E-state index is 5.65. The van der Waals surface area contributed by atoms with Crippen molar-refractivity contribution in [3.63, 3.8) is 0 Å². The molecular weight excluding hydrogens is 202 g/mol. The van der Waals surface area contributed by atoms with Crippen LogP contribution in [0.1, 0.15) is 43.8 Å². The lowest BCUT2D eigenvalue weighted by Gasteiger charge is -2.03. The first kappa shape index (κ1) is 11.7. The molecule has 90 valence electrons. The van der Waals surface area contributed by atoms with Gasteiger partial charge in [-0.1, -0.05) is 0 Å². The molecule has 1 N–H and O–H groups in total. The van der Waals surface area contributed by atoms with Crippen LogP contribution < -0.4 is 5.32 Å². The molecule has 0 aliphatic heterocycles. The predicted octanol–water partition coefficient (Wildman–Crippen LogP) is 2.77. The summed E-state index contributed by atoms with van der Waals surface area (Å²) in [4.78, 5) is 0. The van der Waals surface area contributed by atoms with Gasteiger partial charge >= 0.3 is 0 Å². The van der Waals surface area contributed by atoms with Crippen LogP contribution in [0.15, 0.2) is 10.5 Å². The molecule has 0 amide bonds. The molecule has 0 spiro atoms. The van der Waals surface area contributed by atoms with Crippen molar-refractivity contribution in [2.24, 2.45) is 0 Å². The van der Waals surface area contributed by atoms with Gasteiger partial charge in [0.2, 0.25) is 0 Å². The molecule has 0 unspecified atom stereocenters. The Morgan fingerprint density at radius 3 is 2.88 bits per heavy atom. The van der Waals surface area contributed by atoms with Gasteiger partial charge in [-0.15, -0.1) is 0 Å². The minimum atomic E-state index is 0.249. The van der Waals surface area contributed by atoms with Crippen molar-refractivity contribution in [3.05, 3.63) is 23.2 Å². The molecule has 3 nitrogen and oxygen atoms in total. The molecule has 1 aliphatic carbocycles. The molecule has 2 rings (SSSR count). The van der Waals surface area contributed by atoms with Gasteiger partial charge in [0.05, 0.1) is 6.10 Å². The molecular formula is C13H21NO2. The van der Waals surface area contributed by atoms with Gasteiger partial charge in [-0.05, 0) is 39.7 Å². The van der Waals surface area contributed by atoms with Crippen molar-refractivity contribution < 1.29 is 9.15 Å². The number of hydrogen-bond donors (Lipinski definition) is 1. The smallest absolute Gasteiger partial charge is 0.130 e. The Kier molecular flexibility index (Phi) is 3.66. The second-order valence-electron chi connectivity index (χ2n) is 4.81. The Morgan fingerprint density at radius 2 is 2.25 bits per heavy atom. The quantitative estimate of drug-likeness (QED) is 0.805. The maximum Gasteiger partial charge on any atom is 0.130 e. The summed E-state index contributed by atoms with van der Waals surface area (Å²) in [6.07, 6.45) is 2.89. The first-order valence-corrected chi connectivity index (χ1v) is 6.08. The number of rotatable bonds is 6. The molecule has 1 aromatic rings. The average Bonchev–Trinajstić information content (AvgIpc) is 2.98. The molecule has 1 aliphatic rings. The Hall–Kier alpha value is -0.800. The van der Waals surface area contributed by atoms with E-state index in [0.29, 0.717) is 6.61 Å². The topological polar surface area (TPSA) is 34.4 Å². The monoisotopic (exact) mass is 223 g/mol. The minimum absolute atomic E-state index is 0.249. The fraction of sp³-hybridized carbons (Fsp3) is 0.692. The molecule has 3 heteroatoms. The van der Waals surface area contributed by atoms with E-state index in [1.165, 1.54) is 18.4 Å². The molecule has 16 heavy (non-hydrogen) atoms. The van der Waals surface area contributed by atoms with Gasteiger partial charge in [-0.2, -0.15) is 0 Å². The first-order chi connectivity index (χ1) is 7.65. The summed E-state index contributed by atoms with van der Waals surface area (Å²) in [6, 6.07) is 2.84. The van der Waals surface area contributed by atoms with Crippen LogP contribution in [-0.2, 0) is 17.9 Å². The molecule has 0 saturated heterocycles. The van der Waals surface area contributed by atoms with Crippen LogP contribution in [0, 0.1) is 6.92 Å². The zero-order chi connectivity index (χ0) is 11.5. The van der Waals surface area contributed by atoms with Crippen LogP contribution in [0.2, 0.25) is 0 Å². The van der Waals surface area contributed by atoms with Crippen molar-refractivity contribution in [1.82, 2.24) is 5.32 Å². The molecule has 1 aromatic heterocycles. The number of hydrogen-bond acceptors (Lipinski definition) is 3. The molecule has 0 aromatic carbocycles. The van der Waals surface area contributed by atoms with E-state index < -0.39 is 0 Å². The van der Waals surface area contributed by atoms with Crippen LogP contribution >= 0.6 is 0 Å². The fourth-order valence-corrected chi connectivity index (χ4v) is 1.62. The summed E-state index contributed by atoms with van der Waals surface area (Å²) < 4.78 is 11.2. The van der Waals surface area contributed by atoms with E-state index in [1.54, 1.807) is 0 Å². The van der Waals surface area contributed by atoms with Gasteiger partial charge in [0.25, 0.3) is 0 Å². The van der Waals surface area contributed by atoms with E-state index in [0.717, 1.165) is 24.1 Å². The number of ether oxygens (including phenoxy) is 1. The van der Waals surface area contributed by atoms with Gasteiger partial charge < -0.3 is 14.5 Å². The van der Waals surface area contributed by atoms with Gasteiger partial charge in [0, 0.05) is 18.2 Å². The third-order valence-electron chi connectivity index (χ3n) is 2.79. The Labute approximate surface area is 97.2 Å². The second kappa shape index (κ2) is 5.02. The molecule has 0 radical (unpaired) electrons. The summed E-state index contributed by atoms with van der Waals surface area (Å²) in [7, 11) is 0. The van der Waals surface area contributed by atoms with Gasteiger partial charge in [0.15, 0.2) is 0 Å². The number of furan rings is 1. The summed E-state index contributed by atoms with van der Waals surface area (Å²) >= 11 is 0. The van der Waals surface area contributed by atoms with Crippen LogP contribution in [0.25, 0.3) is 0 Å². The third-order valence-corrected chi connectivity index (χ3v) is 2.79. The second-order valence-corrected chi connectivity index (χ2v) is 4.81. The third kappa shape index (κ3) is 3.35. The lowest BCUT2D eigenvalue weighted by atomic mass is 10.2. The average molecular weight is 223 g/mol. The largest absolute Gasteiger partial charge is 0.464 e. The highest BCUT2D eigenvalue weighted by molar-refractivity contribution is 5.20. The fourth-order valence-electron chi connectivity index (χ4n) is 1.62. The zero-order valence-electron chi connectivity index (χ0n) is 10.4. The number of nitrogens with one attached hydrogen (secondary N) is 1. The molecule has 0 bridgehead atoms. The SMILES string of the molecule is Cc1oc(COC(C)C)cc1CNC1CC1. The van der Waals surface area contributed by atoms with Crippen molar-refractivity contribution in [2.75, 3.05) is 0 Å². The highest BCUT2D eigenvalue weighted by atomic mass is 16.5. The zero-order valence-corrected chi connectivity index (χ0v) is 10.4. The lowest BCUT2D eigenvalue weighted by molar-refractivity contribution is 0.0541. The van der Waals surface area contributed by atoms with E-state index in [1.807, 2.05) is 20.8 Å². The molecule has 0 atom stereocenters. The first-order valence-electron chi connectivity index (χ1n) is 6.08. The van der Waals surface area contributed by atoms with E-state index >= 15 is 0 Å². The van der Waals surface area contributed by atoms with Crippen LogP contribution in [0.4, 0.5) is 0 Å². The summed E-state index contributed by atoms with van der Waals surface area (Å²) in [5, 5.41) is 3.49. The molecule has 1 fully saturated rings. The van der Waals surface area contributed by atoms with E-state index in [4.69, 9.17) is 9.15 Å². The number of aryl methyl sites for hydroxylation is 1. The van der Waals surface area contributed by atoms with Gasteiger partial charge in [-0.3, -0.25) is 0 Å². The normalized spacial score (nSPS) is 16.0. The van der Waals surface area contributed by atoms with Crippen molar-refractivity contribution >= 4 is 0 Å². The van der Waals surface area contributed by atoms with E-state index in [2.05, 4.69) is 11.4 Å². The molecule has 1 saturated carbocycles. The minimum Gasteiger partial charge on any atom is -0.464 e. The Balaban J connectivity index is 1.86. The van der Waals surface area contributed by atoms with Crippen molar-refractivity contribution in [2.45, 2.75) is 58.9 Å². The highest BCUT2D eigenvalue weighted by Crippen LogP contribution is 2.21. The van der Waals surface area contributed by atoms with Gasteiger partial charge in [0.1, 0.15) is 18.1 Å². The van der Waals surface area contributed by atoms with E-state index in [-0.39, 0.29) is 6.10 Å². The Morgan fingerprint density at radius 1 is 1.50 bits per heavy atom. The van der Waals surface area contributed by atoms with Crippen LogP contribution in [0.5, 0.6) is 0 Å². The van der Waals surface area contributed by atoms with Crippen molar-refractivity contribution in [3.8, 4) is 0 Å². The standard InChI is InChI=1S/C13H21NO2/c1-9(2)15-8-13-6-11(10(3)16-13)7-14-12-4-5-12/h6,9,12,14H,4-5,7-8H2,1-3H3. The molecule has 1 heterocycles. The predicted molar refractivity (Wildman–Crippen MR) is 63.2 cm³/mol. The van der Waals surface area contributed by atoms with Crippen LogP contribution in [-0.4, -0.2) is 12.1 Å². The maximum atomic E-state index is 5.65. The van der Waals surface area contributed by atoms with Crippen molar-refractivity contribution in [1.29, 1.82) is 0 Å².